The molecule has 2 aliphatic heterocycles. The third-order valence-corrected chi connectivity index (χ3v) is 10.8. The lowest BCUT2D eigenvalue weighted by Crippen LogP contribution is -2.34. The number of allylic oxidation sites excluding steroid dienone is 4. The van der Waals surface area contributed by atoms with Crippen molar-refractivity contribution in [3.8, 4) is 0 Å². The van der Waals surface area contributed by atoms with Gasteiger partial charge in [0.15, 0.2) is 0 Å². The van der Waals surface area contributed by atoms with Crippen LogP contribution >= 0.6 is 0 Å². The number of amides is 4. The molecule has 0 fully saturated rings. The van der Waals surface area contributed by atoms with Crippen LogP contribution in [-0.2, 0) is 35.2 Å². The van der Waals surface area contributed by atoms with Crippen LogP contribution in [0, 0.1) is 6.92 Å². The van der Waals surface area contributed by atoms with E-state index in [1.165, 1.54) is 13.8 Å². The summed E-state index contributed by atoms with van der Waals surface area (Å²) in [5.74, 6) is -0.922. The van der Waals surface area contributed by atoms with Gasteiger partial charge in [0.2, 0.25) is 23.6 Å². The molecule has 3 aromatic rings. The first kappa shape index (κ1) is 44.7. The van der Waals surface area contributed by atoms with Crippen LogP contribution in [0.5, 0.6) is 0 Å². The lowest BCUT2D eigenvalue weighted by atomic mass is 9.99. The van der Waals surface area contributed by atoms with Gasteiger partial charge in [-0.05, 0) is 124 Å². The standard InChI is InChI=1S/C46H56N8O6/c1-8-32-21-33-22-36-28(4)29(5)37(52-36)23-38-30(6)34(11-15-45(59)49-19-17-47-43(57)13-9-26(2)55)41(53-38)25-42-35(31(7)39(54-42)24-40(32)51-33)12-16-46(60)50-20-18-48-44(58)14-10-27(3)56/h8,21-25,51,54H,1,9-20H2,2-7H3,(H,47,57)(H,48,58)(H,49,59)(H,50,60). The third kappa shape index (κ3) is 11.8. The number of carbonyl (C=O) groups is 6. The highest BCUT2D eigenvalue weighted by Gasteiger charge is 2.21. The Morgan fingerprint density at radius 3 is 1.60 bits per heavy atom. The number of hydrogen-bond donors (Lipinski definition) is 6. The second kappa shape index (κ2) is 20.5. The average molecular weight is 817 g/mol. The summed E-state index contributed by atoms with van der Waals surface area (Å²) in [4.78, 5) is 89.8. The number of rotatable bonds is 19. The average Bonchev–Trinajstić information content (AvgIpc) is 3.90. The van der Waals surface area contributed by atoms with Gasteiger partial charge in [-0.15, -0.1) is 0 Å². The lowest BCUT2D eigenvalue weighted by molar-refractivity contribution is -0.124. The maximum absolute atomic E-state index is 13.1. The lowest BCUT2D eigenvalue weighted by Gasteiger charge is -2.08. The first-order chi connectivity index (χ1) is 28.6. The SMILES string of the molecule is C=Cc1cc2cc3nc(cc4nc(cc5[nH]c(cc1[nH]2)c(C)c5CCC(=O)NCCNC(=O)CCC(C)=O)C(CCC(=O)NCCNC(=O)CCC(C)=O)=C4C)C(C)=C3C. The molecule has 14 nitrogen and oxygen atoms in total. The van der Waals surface area contributed by atoms with Crippen LogP contribution in [0.25, 0.3) is 50.4 Å². The second-order valence-electron chi connectivity index (χ2n) is 15.4. The monoisotopic (exact) mass is 816 g/mol. The third-order valence-electron chi connectivity index (χ3n) is 10.8. The van der Waals surface area contributed by atoms with E-state index in [0.717, 1.165) is 78.1 Å². The van der Waals surface area contributed by atoms with Gasteiger partial charge in [-0.3, -0.25) is 19.2 Å². The van der Waals surface area contributed by atoms with Gasteiger partial charge in [0.1, 0.15) is 11.6 Å². The van der Waals surface area contributed by atoms with Gasteiger partial charge in [0, 0.05) is 86.8 Å². The zero-order valence-electron chi connectivity index (χ0n) is 35.5. The second-order valence-corrected chi connectivity index (χ2v) is 15.4. The normalized spacial score (nSPS) is 12.3. The highest BCUT2D eigenvalue weighted by molar-refractivity contribution is 5.96. The molecule has 0 saturated heterocycles. The van der Waals surface area contributed by atoms with Gasteiger partial charge in [-0.2, -0.15) is 0 Å². The number of aromatic nitrogens is 4. The van der Waals surface area contributed by atoms with Gasteiger partial charge >= 0.3 is 0 Å². The fourth-order valence-corrected chi connectivity index (χ4v) is 7.08. The van der Waals surface area contributed by atoms with Crippen LogP contribution in [0.1, 0.15) is 119 Å². The molecule has 14 heteroatoms. The van der Waals surface area contributed by atoms with Crippen molar-refractivity contribution in [1.82, 2.24) is 41.2 Å². The molecule has 4 amide bonds. The van der Waals surface area contributed by atoms with E-state index in [0.29, 0.717) is 18.5 Å². The predicted octanol–water partition coefficient (Wildman–Crippen LogP) is 6.06. The van der Waals surface area contributed by atoms with Gasteiger partial charge in [0.25, 0.3) is 0 Å². The summed E-state index contributed by atoms with van der Waals surface area (Å²) in [5.41, 5.74) is 13.2. The molecule has 2 aliphatic rings. The molecule has 0 spiro atoms. The van der Waals surface area contributed by atoms with E-state index in [2.05, 4.69) is 44.7 Å². The highest BCUT2D eigenvalue weighted by Crippen LogP contribution is 2.36. The Bertz CT molecular complexity index is 2450. The Hall–Kier alpha value is -6.44. The molecule has 6 N–H and O–H groups in total. The van der Waals surface area contributed by atoms with E-state index in [1.807, 2.05) is 51.1 Å². The Labute approximate surface area is 350 Å². The maximum atomic E-state index is 13.1. The predicted molar refractivity (Wildman–Crippen MR) is 236 cm³/mol. The first-order valence-corrected chi connectivity index (χ1v) is 20.4. The minimum absolute atomic E-state index is 0.0529. The molecule has 0 aromatic carbocycles. The first-order valence-electron chi connectivity index (χ1n) is 20.4. The number of ketones is 2. The van der Waals surface area contributed by atoms with E-state index < -0.39 is 0 Å². The number of fused-ring (bicyclic) bond motifs is 8. The zero-order valence-corrected chi connectivity index (χ0v) is 35.5. The summed E-state index contributed by atoms with van der Waals surface area (Å²) < 4.78 is 0. The molecule has 8 bridgehead atoms. The number of hydrogen-bond acceptors (Lipinski definition) is 8. The molecular weight excluding hydrogens is 761 g/mol. The van der Waals surface area contributed by atoms with Crippen LogP contribution in [-0.4, -0.2) is 81.3 Å². The van der Waals surface area contributed by atoms with Crippen molar-refractivity contribution in [2.75, 3.05) is 26.2 Å². The minimum Gasteiger partial charge on any atom is -0.355 e. The number of Topliss-reactive ketones (excluding diaryl/α,β-unsaturated/α-hetero) is 2. The fraction of sp³-hybridized carbons (Fsp3) is 0.391. The van der Waals surface area contributed by atoms with Crippen LogP contribution in [0.15, 0.2) is 36.9 Å². The summed E-state index contributed by atoms with van der Waals surface area (Å²) in [7, 11) is 0. The highest BCUT2D eigenvalue weighted by atomic mass is 16.2. The Morgan fingerprint density at radius 1 is 0.550 bits per heavy atom. The van der Waals surface area contributed by atoms with Crippen LogP contribution in [0.2, 0.25) is 0 Å². The summed E-state index contributed by atoms with van der Waals surface area (Å²) >= 11 is 0. The summed E-state index contributed by atoms with van der Waals surface area (Å²) in [6, 6.07) is 10.1. The van der Waals surface area contributed by atoms with Gasteiger partial charge in [-0.25, -0.2) is 9.97 Å². The summed E-state index contributed by atoms with van der Waals surface area (Å²) in [6.45, 7) is 16.1. The van der Waals surface area contributed by atoms with Crippen molar-refractivity contribution in [3.05, 3.63) is 76.4 Å². The van der Waals surface area contributed by atoms with E-state index in [4.69, 9.17) is 9.97 Å². The Kier molecular flexibility index (Phi) is 15.3. The number of H-pyrrole nitrogens is 2. The quantitative estimate of drug-likeness (QED) is 0.0782. The van der Waals surface area contributed by atoms with Gasteiger partial charge in [0.05, 0.1) is 22.8 Å². The van der Waals surface area contributed by atoms with Gasteiger partial charge in [-0.1, -0.05) is 12.7 Å². The molecule has 0 radical (unpaired) electrons. The number of nitrogens with zero attached hydrogens (tertiary/aromatic N) is 2. The van der Waals surface area contributed by atoms with Crippen molar-refractivity contribution < 1.29 is 28.8 Å². The number of nitrogens with one attached hydrogen (secondary N) is 6. The van der Waals surface area contributed by atoms with E-state index in [1.54, 1.807) is 6.08 Å². The van der Waals surface area contributed by atoms with E-state index >= 15 is 0 Å². The Morgan fingerprint density at radius 2 is 1.05 bits per heavy atom. The van der Waals surface area contributed by atoms with Gasteiger partial charge < -0.3 is 40.8 Å². The molecule has 0 saturated carbocycles. The van der Waals surface area contributed by atoms with E-state index in [9.17, 15) is 28.8 Å². The topological polar surface area (TPSA) is 208 Å². The van der Waals surface area contributed by atoms with Crippen LogP contribution < -0.4 is 21.3 Å². The Balaban J connectivity index is 1.47. The fourth-order valence-electron chi connectivity index (χ4n) is 7.08. The number of aryl methyl sites for hydroxylation is 2. The zero-order chi connectivity index (χ0) is 43.5. The molecule has 0 atom stereocenters. The van der Waals surface area contributed by atoms with Crippen LogP contribution in [0.4, 0.5) is 0 Å². The molecule has 316 valence electrons. The molecule has 3 aromatic heterocycles. The van der Waals surface area contributed by atoms with Crippen molar-refractivity contribution in [2.24, 2.45) is 0 Å². The van der Waals surface area contributed by atoms with Crippen LogP contribution in [0.3, 0.4) is 0 Å². The molecule has 5 rings (SSSR count). The minimum atomic E-state index is -0.235. The molecule has 0 aliphatic carbocycles. The smallest absolute Gasteiger partial charge is 0.220 e. The molecular formula is C46H56N8O6. The van der Waals surface area contributed by atoms with Crippen molar-refractivity contribution in [3.63, 3.8) is 0 Å². The number of carbonyl (C=O) groups excluding carboxylic acids is 6. The molecule has 5 heterocycles. The molecule has 60 heavy (non-hydrogen) atoms. The largest absolute Gasteiger partial charge is 0.355 e. The van der Waals surface area contributed by atoms with Crippen molar-refractivity contribution in [2.45, 2.75) is 92.9 Å². The summed E-state index contributed by atoms with van der Waals surface area (Å²) in [6.07, 6.45) is 3.59. The molecule has 0 unspecified atom stereocenters. The summed E-state index contributed by atoms with van der Waals surface area (Å²) in [5, 5.41) is 11.2. The van der Waals surface area contributed by atoms with Crippen molar-refractivity contribution in [1.29, 1.82) is 0 Å². The maximum Gasteiger partial charge on any atom is 0.220 e. The van der Waals surface area contributed by atoms with Crippen molar-refractivity contribution >= 4 is 85.6 Å². The number of aromatic amines is 2. The van der Waals surface area contributed by atoms with E-state index in [-0.39, 0.29) is 99.9 Å².